The zero-order valence-electron chi connectivity index (χ0n) is 8.05. The summed E-state index contributed by atoms with van der Waals surface area (Å²) in [4.78, 5) is 2.47. The summed E-state index contributed by atoms with van der Waals surface area (Å²) in [6, 6.07) is 8.08. The number of aryl methyl sites for hydroxylation is 1. The van der Waals surface area contributed by atoms with E-state index in [4.69, 9.17) is 5.73 Å². The van der Waals surface area contributed by atoms with Crippen molar-refractivity contribution in [3.63, 3.8) is 0 Å². The van der Waals surface area contributed by atoms with E-state index in [1.54, 1.807) is 11.3 Å². The minimum absolute atomic E-state index is 0.798. The molecule has 2 rings (SSSR count). The van der Waals surface area contributed by atoms with Gasteiger partial charge in [-0.2, -0.15) is 0 Å². The van der Waals surface area contributed by atoms with Crippen LogP contribution in [0.1, 0.15) is 4.88 Å². The molecule has 0 amide bonds. The van der Waals surface area contributed by atoms with Gasteiger partial charge in [-0.3, -0.25) is 0 Å². The molecule has 0 unspecified atom stereocenters. The number of nitrogens with two attached hydrogens (primary N) is 1. The van der Waals surface area contributed by atoms with Gasteiger partial charge in [-0.05, 0) is 41.1 Å². The van der Waals surface area contributed by atoms with Crippen molar-refractivity contribution in [1.82, 2.24) is 0 Å². The number of halogens is 2. The molecular formula is C11H9Br2NS. The molecule has 0 saturated carbocycles. The summed E-state index contributed by atoms with van der Waals surface area (Å²) >= 11 is 8.70. The van der Waals surface area contributed by atoms with Crippen LogP contribution in [0.4, 0.5) is 5.69 Å². The molecule has 2 aromatic rings. The highest BCUT2D eigenvalue weighted by atomic mass is 79.9. The van der Waals surface area contributed by atoms with Gasteiger partial charge in [0.15, 0.2) is 0 Å². The van der Waals surface area contributed by atoms with Gasteiger partial charge in [-0.15, -0.1) is 11.3 Å². The van der Waals surface area contributed by atoms with E-state index in [9.17, 15) is 0 Å². The second kappa shape index (κ2) is 4.28. The first-order valence-corrected chi connectivity index (χ1v) is 6.79. The molecule has 0 fully saturated rings. The first-order chi connectivity index (χ1) is 7.08. The number of hydrogen-bond donors (Lipinski definition) is 1. The maximum absolute atomic E-state index is 5.99. The van der Waals surface area contributed by atoms with Crippen LogP contribution in [0.5, 0.6) is 0 Å². The molecular weight excluding hydrogens is 338 g/mol. The summed E-state index contributed by atoms with van der Waals surface area (Å²) in [7, 11) is 0. The molecule has 0 spiro atoms. The molecule has 1 nitrogen and oxygen atoms in total. The third-order valence-electron chi connectivity index (χ3n) is 2.07. The van der Waals surface area contributed by atoms with Crippen LogP contribution in [0.3, 0.4) is 0 Å². The van der Waals surface area contributed by atoms with Crippen molar-refractivity contribution in [3.8, 4) is 10.4 Å². The zero-order chi connectivity index (χ0) is 11.0. The van der Waals surface area contributed by atoms with E-state index in [0.717, 1.165) is 20.2 Å². The Kier molecular flexibility index (Phi) is 3.19. The minimum atomic E-state index is 0.798. The summed E-state index contributed by atoms with van der Waals surface area (Å²) in [6.45, 7) is 2.09. The average Bonchev–Trinajstić information content (AvgIpc) is 2.45. The van der Waals surface area contributed by atoms with Gasteiger partial charge in [-0.1, -0.05) is 22.0 Å². The maximum atomic E-state index is 5.99. The Morgan fingerprint density at radius 3 is 2.47 bits per heavy atom. The number of rotatable bonds is 1. The summed E-state index contributed by atoms with van der Waals surface area (Å²) in [6.07, 6.45) is 0. The largest absolute Gasteiger partial charge is 0.398 e. The summed E-state index contributed by atoms with van der Waals surface area (Å²) in [5, 5.41) is 0. The van der Waals surface area contributed by atoms with Crippen LogP contribution in [0.15, 0.2) is 33.2 Å². The summed E-state index contributed by atoms with van der Waals surface area (Å²) in [5.41, 5.74) is 7.87. The van der Waals surface area contributed by atoms with Crippen molar-refractivity contribution in [2.45, 2.75) is 6.92 Å². The van der Waals surface area contributed by atoms with E-state index < -0.39 is 0 Å². The molecule has 1 heterocycles. The van der Waals surface area contributed by atoms with Crippen LogP contribution >= 0.6 is 43.2 Å². The van der Waals surface area contributed by atoms with Crippen LogP contribution in [-0.2, 0) is 0 Å². The Morgan fingerprint density at radius 2 is 1.93 bits per heavy atom. The third-order valence-corrected chi connectivity index (χ3v) is 4.53. The highest BCUT2D eigenvalue weighted by Crippen LogP contribution is 2.39. The van der Waals surface area contributed by atoms with Crippen molar-refractivity contribution in [3.05, 3.63) is 38.1 Å². The second-order valence-corrected chi connectivity index (χ2v) is 6.29. The zero-order valence-corrected chi connectivity index (χ0v) is 12.0. The van der Waals surface area contributed by atoms with Crippen molar-refractivity contribution in [2.24, 2.45) is 0 Å². The highest BCUT2D eigenvalue weighted by molar-refractivity contribution is 9.11. The fraction of sp³-hybridized carbons (Fsp3) is 0.0909. The first kappa shape index (κ1) is 11.2. The van der Waals surface area contributed by atoms with Gasteiger partial charge >= 0.3 is 0 Å². The molecule has 1 aromatic heterocycles. The lowest BCUT2D eigenvalue weighted by Crippen LogP contribution is -1.88. The maximum Gasteiger partial charge on any atom is 0.0508 e. The van der Waals surface area contributed by atoms with Crippen LogP contribution < -0.4 is 5.73 Å². The molecule has 0 aliphatic rings. The van der Waals surface area contributed by atoms with Gasteiger partial charge in [0, 0.05) is 25.1 Å². The van der Waals surface area contributed by atoms with Crippen molar-refractivity contribution in [1.29, 1.82) is 0 Å². The van der Waals surface area contributed by atoms with E-state index in [-0.39, 0.29) is 0 Å². The summed E-state index contributed by atoms with van der Waals surface area (Å²) < 4.78 is 2.12. The van der Waals surface area contributed by atoms with E-state index in [1.807, 2.05) is 18.2 Å². The number of anilines is 1. The smallest absolute Gasteiger partial charge is 0.0508 e. The Morgan fingerprint density at radius 1 is 1.20 bits per heavy atom. The monoisotopic (exact) mass is 345 g/mol. The molecule has 1 aromatic carbocycles. The number of thiophene rings is 1. The molecule has 0 atom stereocenters. The minimum Gasteiger partial charge on any atom is -0.398 e. The molecule has 78 valence electrons. The first-order valence-electron chi connectivity index (χ1n) is 4.39. The lowest BCUT2D eigenvalue weighted by atomic mass is 10.1. The summed E-state index contributed by atoms with van der Waals surface area (Å²) in [5.74, 6) is 0. The molecule has 0 saturated heterocycles. The molecule has 0 aliphatic carbocycles. The van der Waals surface area contributed by atoms with Crippen LogP contribution in [0, 0.1) is 6.92 Å². The normalized spacial score (nSPS) is 10.6. The molecule has 0 aliphatic heterocycles. The van der Waals surface area contributed by atoms with Crippen molar-refractivity contribution >= 4 is 48.9 Å². The number of hydrogen-bond acceptors (Lipinski definition) is 2. The van der Waals surface area contributed by atoms with Crippen molar-refractivity contribution in [2.75, 3.05) is 5.73 Å². The highest BCUT2D eigenvalue weighted by Gasteiger charge is 2.10. The molecule has 0 radical (unpaired) electrons. The number of nitrogen functional groups attached to an aromatic ring is 1. The molecule has 0 bridgehead atoms. The fourth-order valence-electron chi connectivity index (χ4n) is 1.41. The Hall–Kier alpha value is -0.320. The molecule has 4 heteroatoms. The second-order valence-electron chi connectivity index (χ2n) is 3.27. The lowest BCUT2D eigenvalue weighted by Gasteiger charge is -2.04. The molecule has 2 N–H and O–H groups in total. The average molecular weight is 347 g/mol. The van der Waals surface area contributed by atoms with Crippen LogP contribution in [0.25, 0.3) is 10.4 Å². The van der Waals surface area contributed by atoms with Crippen LogP contribution in [-0.4, -0.2) is 0 Å². The van der Waals surface area contributed by atoms with E-state index >= 15 is 0 Å². The Bertz CT molecular complexity index is 505. The van der Waals surface area contributed by atoms with E-state index in [1.165, 1.54) is 9.75 Å². The van der Waals surface area contributed by atoms with Gasteiger partial charge in [-0.25, -0.2) is 0 Å². The topological polar surface area (TPSA) is 26.0 Å². The lowest BCUT2D eigenvalue weighted by molar-refractivity contribution is 1.60. The van der Waals surface area contributed by atoms with Gasteiger partial charge in [0.2, 0.25) is 0 Å². The number of benzene rings is 1. The van der Waals surface area contributed by atoms with Crippen LogP contribution in [0.2, 0.25) is 0 Å². The predicted molar refractivity (Wildman–Crippen MR) is 74.3 cm³/mol. The third kappa shape index (κ3) is 2.27. The van der Waals surface area contributed by atoms with E-state index in [2.05, 4.69) is 44.8 Å². The van der Waals surface area contributed by atoms with Crippen molar-refractivity contribution < 1.29 is 0 Å². The SMILES string of the molecule is Cc1cc(Br)c(-c2ccc(Br)cc2N)s1. The quantitative estimate of drug-likeness (QED) is 0.735. The predicted octanol–water partition coefficient (Wildman–Crippen LogP) is 4.83. The standard InChI is InChI=1S/C11H9Br2NS/c1-6-4-9(13)11(15-6)8-3-2-7(12)5-10(8)14/h2-5H,14H2,1H3. The Labute approximate surface area is 110 Å². The van der Waals surface area contributed by atoms with Gasteiger partial charge in [0.1, 0.15) is 0 Å². The Balaban J connectivity index is 2.59. The van der Waals surface area contributed by atoms with E-state index in [0.29, 0.717) is 0 Å². The fourth-order valence-corrected chi connectivity index (χ4v) is 3.69. The molecule has 15 heavy (non-hydrogen) atoms. The van der Waals surface area contributed by atoms with Gasteiger partial charge < -0.3 is 5.73 Å². The van der Waals surface area contributed by atoms with Gasteiger partial charge in [0.05, 0.1) is 4.88 Å². The van der Waals surface area contributed by atoms with Gasteiger partial charge in [0.25, 0.3) is 0 Å².